The van der Waals surface area contributed by atoms with Crippen molar-refractivity contribution in [2.24, 2.45) is 0 Å². The van der Waals surface area contributed by atoms with Gasteiger partial charge in [0.15, 0.2) is 5.78 Å². The molecule has 1 fully saturated rings. The first kappa shape index (κ1) is 18.7. The van der Waals surface area contributed by atoms with E-state index in [0.717, 1.165) is 11.4 Å². The fraction of sp³-hybridized carbons (Fsp3) is 0.217. The Labute approximate surface area is 170 Å². The van der Waals surface area contributed by atoms with Crippen LogP contribution in [-0.4, -0.2) is 41.7 Å². The monoisotopic (exact) mass is 389 g/mol. The van der Waals surface area contributed by atoms with Crippen molar-refractivity contribution in [1.82, 2.24) is 9.88 Å². The maximum absolute atomic E-state index is 12.8. The second kappa shape index (κ2) is 8.17. The van der Waals surface area contributed by atoms with Crippen molar-refractivity contribution in [2.75, 3.05) is 24.7 Å². The van der Waals surface area contributed by atoms with Crippen LogP contribution in [0, 0.1) is 0 Å². The van der Waals surface area contributed by atoms with E-state index < -0.39 is 0 Å². The van der Waals surface area contributed by atoms with Crippen LogP contribution in [0.25, 0.3) is 0 Å². The van der Waals surface area contributed by atoms with E-state index in [2.05, 4.69) is 41.0 Å². The SMILES string of the molecule is CN(c1cccc(C(=O)c2ccccc2)c1)C1CSC(c2cccnc2)N1C. The zero-order chi connectivity index (χ0) is 19.5. The van der Waals surface area contributed by atoms with E-state index in [1.54, 1.807) is 0 Å². The van der Waals surface area contributed by atoms with E-state index in [-0.39, 0.29) is 17.3 Å². The predicted molar refractivity (Wildman–Crippen MR) is 116 cm³/mol. The number of anilines is 1. The molecule has 1 saturated heterocycles. The third-order valence-electron chi connectivity index (χ3n) is 5.21. The van der Waals surface area contributed by atoms with Crippen molar-refractivity contribution in [3.05, 3.63) is 95.8 Å². The highest BCUT2D eigenvalue weighted by Gasteiger charge is 2.35. The second-order valence-electron chi connectivity index (χ2n) is 6.97. The quantitative estimate of drug-likeness (QED) is 0.603. The normalized spacial score (nSPS) is 19.5. The smallest absolute Gasteiger partial charge is 0.193 e. The van der Waals surface area contributed by atoms with Gasteiger partial charge in [-0.2, -0.15) is 0 Å². The van der Waals surface area contributed by atoms with Gasteiger partial charge in [-0.1, -0.05) is 48.5 Å². The molecular formula is C23H23N3OS. The van der Waals surface area contributed by atoms with E-state index in [9.17, 15) is 4.79 Å². The van der Waals surface area contributed by atoms with Crippen molar-refractivity contribution in [1.29, 1.82) is 0 Å². The number of aromatic nitrogens is 1. The summed E-state index contributed by atoms with van der Waals surface area (Å²) in [7, 11) is 4.25. The van der Waals surface area contributed by atoms with Crippen molar-refractivity contribution >= 4 is 23.2 Å². The third-order valence-corrected chi connectivity index (χ3v) is 6.62. The molecule has 2 atom stereocenters. The molecular weight excluding hydrogens is 366 g/mol. The summed E-state index contributed by atoms with van der Waals surface area (Å²) in [6.07, 6.45) is 4.00. The van der Waals surface area contributed by atoms with Crippen molar-refractivity contribution < 1.29 is 4.79 Å². The number of nitrogens with zero attached hydrogens (tertiary/aromatic N) is 3. The Hall–Kier alpha value is -2.63. The van der Waals surface area contributed by atoms with Gasteiger partial charge in [-0.25, -0.2) is 0 Å². The predicted octanol–water partition coefficient (Wildman–Crippen LogP) is 4.45. The molecule has 142 valence electrons. The Bertz CT molecular complexity index is 948. The Balaban J connectivity index is 1.54. The number of carbonyl (C=O) groups is 1. The number of hydrogen-bond donors (Lipinski definition) is 0. The lowest BCUT2D eigenvalue weighted by Crippen LogP contribution is -2.43. The molecule has 0 radical (unpaired) electrons. The fourth-order valence-electron chi connectivity index (χ4n) is 3.60. The summed E-state index contributed by atoms with van der Waals surface area (Å²) >= 11 is 1.92. The highest BCUT2D eigenvalue weighted by molar-refractivity contribution is 7.99. The summed E-state index contributed by atoms with van der Waals surface area (Å²) in [5, 5.41) is 0.287. The molecule has 28 heavy (non-hydrogen) atoms. The van der Waals surface area contributed by atoms with Crippen LogP contribution in [0.4, 0.5) is 5.69 Å². The summed E-state index contributed by atoms with van der Waals surface area (Å²) in [6, 6.07) is 21.5. The lowest BCUT2D eigenvalue weighted by atomic mass is 10.0. The summed E-state index contributed by atoms with van der Waals surface area (Å²) in [5.74, 6) is 1.04. The van der Waals surface area contributed by atoms with Crippen LogP contribution in [0.2, 0.25) is 0 Å². The van der Waals surface area contributed by atoms with Crippen LogP contribution < -0.4 is 4.90 Å². The molecule has 0 N–H and O–H groups in total. The number of rotatable bonds is 5. The Morgan fingerprint density at radius 3 is 2.61 bits per heavy atom. The van der Waals surface area contributed by atoms with Crippen molar-refractivity contribution in [3.8, 4) is 0 Å². The van der Waals surface area contributed by atoms with Gasteiger partial charge in [0, 0.05) is 42.0 Å². The largest absolute Gasteiger partial charge is 0.358 e. The molecule has 0 spiro atoms. The molecule has 2 unspecified atom stereocenters. The molecule has 0 bridgehead atoms. The highest BCUT2D eigenvalue weighted by Crippen LogP contribution is 2.41. The molecule has 5 heteroatoms. The number of carbonyl (C=O) groups excluding carboxylic acids is 1. The zero-order valence-electron chi connectivity index (χ0n) is 16.0. The fourth-order valence-corrected chi connectivity index (χ4v) is 5.12. The van der Waals surface area contributed by atoms with Gasteiger partial charge in [0.05, 0.1) is 11.5 Å². The minimum absolute atomic E-state index is 0.0539. The number of ketones is 1. The third kappa shape index (κ3) is 3.68. The molecule has 2 heterocycles. The van der Waals surface area contributed by atoms with E-state index in [1.807, 2.05) is 78.8 Å². The minimum Gasteiger partial charge on any atom is -0.358 e. The van der Waals surface area contributed by atoms with E-state index in [1.165, 1.54) is 5.56 Å². The Morgan fingerprint density at radius 2 is 1.86 bits per heavy atom. The lowest BCUT2D eigenvalue weighted by Gasteiger charge is -2.33. The molecule has 2 aromatic carbocycles. The van der Waals surface area contributed by atoms with E-state index in [0.29, 0.717) is 11.1 Å². The van der Waals surface area contributed by atoms with Crippen LogP contribution in [0.3, 0.4) is 0 Å². The topological polar surface area (TPSA) is 36.4 Å². The average Bonchev–Trinajstić information content (AvgIpc) is 3.15. The van der Waals surface area contributed by atoms with Crippen molar-refractivity contribution in [3.63, 3.8) is 0 Å². The molecule has 1 aliphatic rings. The van der Waals surface area contributed by atoms with Gasteiger partial charge in [0.25, 0.3) is 0 Å². The lowest BCUT2D eigenvalue weighted by molar-refractivity contribution is 0.103. The van der Waals surface area contributed by atoms with Gasteiger partial charge < -0.3 is 4.90 Å². The van der Waals surface area contributed by atoms with E-state index >= 15 is 0 Å². The summed E-state index contributed by atoms with van der Waals surface area (Å²) in [6.45, 7) is 0. The van der Waals surface area contributed by atoms with Crippen LogP contribution in [0.5, 0.6) is 0 Å². The Kier molecular flexibility index (Phi) is 5.46. The number of pyridine rings is 1. The van der Waals surface area contributed by atoms with Crippen LogP contribution in [0.1, 0.15) is 26.9 Å². The maximum Gasteiger partial charge on any atom is 0.193 e. The Morgan fingerprint density at radius 1 is 1.07 bits per heavy atom. The van der Waals surface area contributed by atoms with Gasteiger partial charge >= 0.3 is 0 Å². The molecule has 1 aliphatic heterocycles. The highest BCUT2D eigenvalue weighted by atomic mass is 32.2. The first-order chi connectivity index (χ1) is 13.6. The molecule has 4 nitrogen and oxygen atoms in total. The van der Waals surface area contributed by atoms with Crippen molar-refractivity contribution in [2.45, 2.75) is 11.5 Å². The molecule has 4 rings (SSSR count). The minimum atomic E-state index is 0.0539. The molecule has 0 saturated carbocycles. The van der Waals surface area contributed by atoms with Crippen LogP contribution >= 0.6 is 11.8 Å². The average molecular weight is 390 g/mol. The van der Waals surface area contributed by atoms with Crippen LogP contribution in [0.15, 0.2) is 79.1 Å². The number of benzene rings is 2. The molecule has 0 amide bonds. The first-order valence-corrected chi connectivity index (χ1v) is 10.4. The summed E-state index contributed by atoms with van der Waals surface area (Å²) < 4.78 is 0. The maximum atomic E-state index is 12.8. The first-order valence-electron chi connectivity index (χ1n) is 9.31. The summed E-state index contributed by atoms with van der Waals surface area (Å²) in [4.78, 5) is 21.7. The van der Waals surface area contributed by atoms with Crippen LogP contribution in [-0.2, 0) is 0 Å². The second-order valence-corrected chi connectivity index (χ2v) is 8.09. The van der Waals surface area contributed by atoms with Gasteiger partial charge in [-0.05, 0) is 30.8 Å². The molecule has 3 aromatic rings. The zero-order valence-corrected chi connectivity index (χ0v) is 16.8. The van der Waals surface area contributed by atoms with Gasteiger partial charge in [0.1, 0.15) is 0 Å². The molecule has 0 aliphatic carbocycles. The van der Waals surface area contributed by atoms with Gasteiger partial charge in [0.2, 0.25) is 0 Å². The van der Waals surface area contributed by atoms with Gasteiger partial charge in [-0.15, -0.1) is 11.8 Å². The van der Waals surface area contributed by atoms with Gasteiger partial charge in [-0.3, -0.25) is 14.7 Å². The number of thioether (sulfide) groups is 1. The molecule has 1 aromatic heterocycles. The summed E-state index contributed by atoms with van der Waals surface area (Å²) in [5.41, 5.74) is 3.70. The standard InChI is InChI=1S/C23H23N3OS/c1-25(21-16-28-23(26(21)2)19-11-7-13-24-15-19)20-12-6-10-18(14-20)22(27)17-8-4-3-5-9-17/h3-15,21,23H,16H2,1-2H3. The number of hydrogen-bond acceptors (Lipinski definition) is 5. The van der Waals surface area contributed by atoms with E-state index in [4.69, 9.17) is 0 Å².